The van der Waals surface area contributed by atoms with Crippen LogP contribution in [0, 0.1) is 0 Å². The van der Waals surface area contributed by atoms with Gasteiger partial charge in [-0.3, -0.25) is 4.79 Å². The van der Waals surface area contributed by atoms with E-state index in [2.05, 4.69) is 15.1 Å². The summed E-state index contributed by atoms with van der Waals surface area (Å²) in [7, 11) is 4.03. The quantitative estimate of drug-likeness (QED) is 0.804. The molecule has 0 radical (unpaired) electrons. The minimum atomic E-state index is -0.0829. The molecule has 1 amide bonds. The third-order valence-electron chi connectivity index (χ3n) is 2.33. The van der Waals surface area contributed by atoms with Crippen molar-refractivity contribution in [3.63, 3.8) is 0 Å². The van der Waals surface area contributed by atoms with Crippen LogP contribution < -0.4 is 5.73 Å². The number of rotatable bonds is 6. The summed E-state index contributed by atoms with van der Waals surface area (Å²) in [5.74, 6) is -0.0829. The molecular formula is C10H19N5OS. The monoisotopic (exact) mass is 257 g/mol. The fourth-order valence-electron chi connectivity index (χ4n) is 1.44. The fraction of sp³-hybridized carbons (Fsp3) is 0.700. The first-order valence-corrected chi connectivity index (χ1v) is 6.39. The van der Waals surface area contributed by atoms with Crippen molar-refractivity contribution in [3.8, 4) is 0 Å². The van der Waals surface area contributed by atoms with Gasteiger partial charge in [0, 0.05) is 13.1 Å². The summed E-state index contributed by atoms with van der Waals surface area (Å²) in [5, 5.41) is 8.12. The van der Waals surface area contributed by atoms with Gasteiger partial charge in [0.2, 0.25) is 10.1 Å². The maximum atomic E-state index is 12.0. The van der Waals surface area contributed by atoms with Crippen molar-refractivity contribution in [1.29, 1.82) is 0 Å². The Hall–Kier alpha value is -1.21. The number of amides is 1. The van der Waals surface area contributed by atoms with Crippen LogP contribution >= 0.6 is 11.3 Å². The van der Waals surface area contributed by atoms with Crippen LogP contribution in [0.4, 0.5) is 5.13 Å². The summed E-state index contributed by atoms with van der Waals surface area (Å²) in [6.07, 6.45) is 0.945. The molecule has 0 saturated carbocycles. The number of nitrogens with two attached hydrogens (primary N) is 1. The Morgan fingerprint density at radius 3 is 2.53 bits per heavy atom. The van der Waals surface area contributed by atoms with E-state index in [1.54, 1.807) is 4.90 Å². The van der Waals surface area contributed by atoms with Gasteiger partial charge in [-0.05, 0) is 34.0 Å². The molecule has 0 fully saturated rings. The normalized spacial score (nSPS) is 10.8. The SMILES string of the molecule is CCN(CCCN(C)C)C(=O)c1nnc(N)s1. The van der Waals surface area contributed by atoms with Crippen molar-refractivity contribution >= 4 is 22.4 Å². The highest BCUT2D eigenvalue weighted by molar-refractivity contribution is 7.16. The lowest BCUT2D eigenvalue weighted by Crippen LogP contribution is -2.33. The largest absolute Gasteiger partial charge is 0.374 e. The molecule has 0 aliphatic carbocycles. The van der Waals surface area contributed by atoms with E-state index in [4.69, 9.17) is 5.73 Å². The number of carbonyl (C=O) groups excluding carboxylic acids is 1. The molecule has 1 heterocycles. The Balaban J connectivity index is 2.52. The molecule has 0 unspecified atom stereocenters. The zero-order chi connectivity index (χ0) is 12.8. The minimum absolute atomic E-state index is 0.0829. The van der Waals surface area contributed by atoms with E-state index < -0.39 is 0 Å². The van der Waals surface area contributed by atoms with E-state index >= 15 is 0 Å². The van der Waals surface area contributed by atoms with Gasteiger partial charge in [0.1, 0.15) is 0 Å². The van der Waals surface area contributed by atoms with Gasteiger partial charge in [0.05, 0.1) is 0 Å². The highest BCUT2D eigenvalue weighted by atomic mass is 32.1. The van der Waals surface area contributed by atoms with Crippen LogP contribution in [0.1, 0.15) is 23.1 Å². The van der Waals surface area contributed by atoms with Crippen molar-refractivity contribution in [1.82, 2.24) is 20.0 Å². The number of nitrogen functional groups attached to an aromatic ring is 1. The van der Waals surface area contributed by atoms with Gasteiger partial charge >= 0.3 is 0 Å². The predicted molar refractivity (Wildman–Crippen MR) is 69.1 cm³/mol. The highest BCUT2D eigenvalue weighted by Gasteiger charge is 2.18. The number of hydrogen-bond acceptors (Lipinski definition) is 6. The average Bonchev–Trinajstić information content (AvgIpc) is 2.70. The number of hydrogen-bond donors (Lipinski definition) is 1. The third-order valence-corrected chi connectivity index (χ3v) is 3.07. The standard InChI is InChI=1S/C10H19N5OS/c1-4-15(7-5-6-14(2)3)9(16)8-12-13-10(11)17-8/h4-7H2,1-3H3,(H2,11,13). The molecule has 0 aliphatic heterocycles. The topological polar surface area (TPSA) is 75.3 Å². The molecule has 0 spiro atoms. The second-order valence-electron chi connectivity index (χ2n) is 3.99. The van der Waals surface area contributed by atoms with E-state index in [9.17, 15) is 4.79 Å². The highest BCUT2D eigenvalue weighted by Crippen LogP contribution is 2.13. The fourth-order valence-corrected chi connectivity index (χ4v) is 2.02. The van der Waals surface area contributed by atoms with Gasteiger partial charge in [-0.1, -0.05) is 11.3 Å². The number of nitrogens with zero attached hydrogens (tertiary/aromatic N) is 4. The van der Waals surface area contributed by atoms with Crippen LogP contribution in [0.5, 0.6) is 0 Å². The molecule has 17 heavy (non-hydrogen) atoms. The Bertz CT molecular complexity index is 365. The van der Waals surface area contributed by atoms with Crippen LogP contribution in [0.25, 0.3) is 0 Å². The average molecular weight is 257 g/mol. The first-order valence-electron chi connectivity index (χ1n) is 5.57. The smallest absolute Gasteiger partial charge is 0.284 e. The van der Waals surface area contributed by atoms with Crippen molar-refractivity contribution in [2.24, 2.45) is 0 Å². The van der Waals surface area contributed by atoms with E-state index in [1.165, 1.54) is 0 Å². The van der Waals surface area contributed by atoms with Crippen LogP contribution in [-0.2, 0) is 0 Å². The molecule has 6 nitrogen and oxygen atoms in total. The number of aromatic nitrogens is 2. The van der Waals surface area contributed by atoms with Crippen LogP contribution in [0.2, 0.25) is 0 Å². The summed E-state index contributed by atoms with van der Waals surface area (Å²) >= 11 is 1.13. The summed E-state index contributed by atoms with van der Waals surface area (Å²) in [4.78, 5) is 15.9. The van der Waals surface area contributed by atoms with Crippen molar-refractivity contribution in [2.45, 2.75) is 13.3 Å². The molecule has 96 valence electrons. The van der Waals surface area contributed by atoms with Gasteiger partial charge < -0.3 is 15.5 Å². The van der Waals surface area contributed by atoms with Gasteiger partial charge in [0.15, 0.2) is 0 Å². The Morgan fingerprint density at radius 2 is 2.06 bits per heavy atom. The molecule has 1 aromatic rings. The summed E-state index contributed by atoms with van der Waals surface area (Å²) < 4.78 is 0. The molecule has 0 atom stereocenters. The zero-order valence-corrected chi connectivity index (χ0v) is 11.3. The first-order chi connectivity index (χ1) is 8.04. The molecule has 0 saturated heterocycles. The molecular weight excluding hydrogens is 238 g/mol. The van der Waals surface area contributed by atoms with Crippen LogP contribution in [-0.4, -0.2) is 59.6 Å². The van der Waals surface area contributed by atoms with Gasteiger partial charge in [-0.25, -0.2) is 0 Å². The second-order valence-corrected chi connectivity index (χ2v) is 5.00. The maximum absolute atomic E-state index is 12.0. The molecule has 2 N–H and O–H groups in total. The van der Waals surface area contributed by atoms with Gasteiger partial charge in [-0.2, -0.15) is 0 Å². The van der Waals surface area contributed by atoms with Gasteiger partial charge in [-0.15, -0.1) is 10.2 Å². The summed E-state index contributed by atoms with van der Waals surface area (Å²) in [6.45, 7) is 4.32. The lowest BCUT2D eigenvalue weighted by atomic mass is 10.3. The predicted octanol–water partition coefficient (Wildman–Crippen LogP) is 0.534. The first kappa shape index (κ1) is 13.9. The van der Waals surface area contributed by atoms with E-state index in [0.717, 1.165) is 30.8 Å². The van der Waals surface area contributed by atoms with Crippen molar-refractivity contribution in [2.75, 3.05) is 39.5 Å². The Morgan fingerprint density at radius 1 is 1.35 bits per heavy atom. The molecule has 7 heteroatoms. The van der Waals surface area contributed by atoms with Crippen molar-refractivity contribution in [3.05, 3.63) is 5.01 Å². The summed E-state index contributed by atoms with van der Waals surface area (Å²) in [5.41, 5.74) is 5.47. The Labute approximate surface area is 105 Å². The molecule has 0 aromatic carbocycles. The lowest BCUT2D eigenvalue weighted by molar-refractivity contribution is 0.0758. The maximum Gasteiger partial charge on any atom is 0.284 e. The zero-order valence-electron chi connectivity index (χ0n) is 10.5. The van der Waals surface area contributed by atoms with E-state index in [1.807, 2.05) is 21.0 Å². The van der Waals surface area contributed by atoms with Crippen molar-refractivity contribution < 1.29 is 4.79 Å². The van der Waals surface area contributed by atoms with E-state index in [-0.39, 0.29) is 5.91 Å². The third kappa shape index (κ3) is 4.27. The second kappa shape index (κ2) is 6.51. The number of anilines is 1. The number of carbonyl (C=O) groups is 1. The molecule has 0 aliphatic rings. The van der Waals surface area contributed by atoms with Crippen LogP contribution in [0.3, 0.4) is 0 Å². The lowest BCUT2D eigenvalue weighted by Gasteiger charge is -2.20. The van der Waals surface area contributed by atoms with Gasteiger partial charge in [0.25, 0.3) is 5.91 Å². The molecule has 1 rings (SSSR count). The molecule has 0 bridgehead atoms. The summed E-state index contributed by atoms with van der Waals surface area (Å²) in [6, 6.07) is 0. The van der Waals surface area contributed by atoms with E-state index in [0.29, 0.717) is 16.7 Å². The van der Waals surface area contributed by atoms with Crippen LogP contribution in [0.15, 0.2) is 0 Å². The molecule has 1 aromatic heterocycles. The minimum Gasteiger partial charge on any atom is -0.374 e. The Kier molecular flexibility index (Phi) is 5.30.